The Morgan fingerprint density at radius 2 is 1.52 bits per heavy atom. The molecule has 3 aromatic carbocycles. The Balaban J connectivity index is 2.34. The zero-order chi connectivity index (χ0) is 15.7. The molecular formula is C19H12N2O2. The maximum atomic E-state index is 12.3. The summed E-state index contributed by atoms with van der Waals surface area (Å²) in [5, 5.41) is 5.89. The second kappa shape index (κ2) is 3.98. The fourth-order valence-electron chi connectivity index (χ4n) is 3.69. The Labute approximate surface area is 129 Å². The van der Waals surface area contributed by atoms with Gasteiger partial charge in [-0.25, -0.2) is 0 Å². The standard InChI is InChI=1S/C19H12N2O2/c1-21-15-7-6-14-18-12(8-16(22)20-14)10-4-2-3-5-11(10)13(19(15)18)9-17(21)23/h2-9H,1H3,(H,20,22). The molecule has 0 saturated heterocycles. The second-order valence-corrected chi connectivity index (χ2v) is 5.93. The van der Waals surface area contributed by atoms with E-state index < -0.39 is 0 Å². The molecule has 0 aliphatic heterocycles. The minimum Gasteiger partial charge on any atom is -0.322 e. The molecule has 4 nitrogen and oxygen atoms in total. The zero-order valence-corrected chi connectivity index (χ0v) is 12.4. The van der Waals surface area contributed by atoms with Gasteiger partial charge in [0.05, 0.1) is 5.52 Å². The van der Waals surface area contributed by atoms with Gasteiger partial charge in [-0.2, -0.15) is 0 Å². The largest absolute Gasteiger partial charge is 0.322 e. The fraction of sp³-hybridized carbons (Fsp3) is 0.0526. The molecule has 110 valence electrons. The Kier molecular flexibility index (Phi) is 2.15. The summed E-state index contributed by atoms with van der Waals surface area (Å²) in [4.78, 5) is 27.3. The van der Waals surface area contributed by atoms with Crippen molar-refractivity contribution in [2.24, 2.45) is 7.05 Å². The van der Waals surface area contributed by atoms with E-state index in [1.54, 1.807) is 23.7 Å². The molecule has 0 aliphatic rings. The number of aromatic nitrogens is 2. The average molecular weight is 300 g/mol. The van der Waals surface area contributed by atoms with Crippen molar-refractivity contribution >= 4 is 43.4 Å². The molecule has 0 radical (unpaired) electrons. The van der Waals surface area contributed by atoms with Crippen molar-refractivity contribution in [1.29, 1.82) is 0 Å². The second-order valence-electron chi connectivity index (χ2n) is 5.93. The van der Waals surface area contributed by atoms with E-state index in [4.69, 9.17) is 0 Å². The van der Waals surface area contributed by atoms with Gasteiger partial charge in [-0.1, -0.05) is 24.3 Å². The smallest absolute Gasteiger partial charge is 0.251 e. The number of nitrogens with zero attached hydrogens (tertiary/aromatic N) is 1. The first-order chi connectivity index (χ1) is 11.1. The van der Waals surface area contributed by atoms with Gasteiger partial charge in [0.15, 0.2) is 0 Å². The molecule has 0 aliphatic carbocycles. The van der Waals surface area contributed by atoms with Gasteiger partial charge in [0.1, 0.15) is 0 Å². The van der Waals surface area contributed by atoms with Gasteiger partial charge in [-0.15, -0.1) is 0 Å². The third-order valence-corrected chi connectivity index (χ3v) is 4.72. The summed E-state index contributed by atoms with van der Waals surface area (Å²) in [7, 11) is 1.78. The predicted octanol–water partition coefficient (Wildman–Crippen LogP) is 3.12. The summed E-state index contributed by atoms with van der Waals surface area (Å²) >= 11 is 0. The van der Waals surface area contributed by atoms with E-state index >= 15 is 0 Å². The van der Waals surface area contributed by atoms with Crippen LogP contribution in [0, 0.1) is 0 Å². The molecule has 2 aromatic heterocycles. The molecule has 0 amide bonds. The Bertz CT molecular complexity index is 1360. The van der Waals surface area contributed by atoms with Gasteiger partial charge in [-0.05, 0) is 33.7 Å². The molecule has 4 heteroatoms. The molecular weight excluding hydrogens is 288 g/mol. The number of rotatable bonds is 0. The minimum absolute atomic E-state index is 0.0328. The number of nitrogens with one attached hydrogen (secondary N) is 1. The molecule has 5 aromatic rings. The summed E-state index contributed by atoms with van der Waals surface area (Å²) in [6.45, 7) is 0. The van der Waals surface area contributed by atoms with E-state index in [1.165, 1.54) is 0 Å². The van der Waals surface area contributed by atoms with Crippen LogP contribution in [-0.2, 0) is 7.05 Å². The van der Waals surface area contributed by atoms with Crippen molar-refractivity contribution in [3.05, 3.63) is 69.2 Å². The first-order valence-corrected chi connectivity index (χ1v) is 7.45. The molecule has 2 heterocycles. The summed E-state index contributed by atoms with van der Waals surface area (Å²) in [6.07, 6.45) is 0. The summed E-state index contributed by atoms with van der Waals surface area (Å²) in [5.41, 5.74) is 1.53. The third kappa shape index (κ3) is 1.45. The van der Waals surface area contributed by atoms with E-state index in [-0.39, 0.29) is 11.1 Å². The number of aromatic amines is 1. The zero-order valence-electron chi connectivity index (χ0n) is 12.4. The van der Waals surface area contributed by atoms with Crippen LogP contribution in [0.25, 0.3) is 43.4 Å². The molecule has 0 atom stereocenters. The van der Waals surface area contributed by atoms with Crippen molar-refractivity contribution in [3.63, 3.8) is 0 Å². The Morgan fingerprint density at radius 1 is 0.826 bits per heavy atom. The molecule has 0 unspecified atom stereocenters. The van der Waals surface area contributed by atoms with Crippen LogP contribution in [0.5, 0.6) is 0 Å². The lowest BCUT2D eigenvalue weighted by atomic mass is 9.93. The summed E-state index contributed by atoms with van der Waals surface area (Å²) in [5.74, 6) is 0. The molecule has 1 N–H and O–H groups in total. The molecule has 0 spiro atoms. The first-order valence-electron chi connectivity index (χ1n) is 7.45. The maximum absolute atomic E-state index is 12.3. The predicted molar refractivity (Wildman–Crippen MR) is 93.5 cm³/mol. The van der Waals surface area contributed by atoms with Crippen LogP contribution in [0.15, 0.2) is 58.1 Å². The number of aryl methyl sites for hydroxylation is 1. The van der Waals surface area contributed by atoms with Crippen LogP contribution in [0.2, 0.25) is 0 Å². The van der Waals surface area contributed by atoms with Gasteiger partial charge < -0.3 is 9.55 Å². The summed E-state index contributed by atoms with van der Waals surface area (Å²) < 4.78 is 1.65. The molecule has 23 heavy (non-hydrogen) atoms. The van der Waals surface area contributed by atoms with Crippen LogP contribution >= 0.6 is 0 Å². The highest BCUT2D eigenvalue weighted by Gasteiger charge is 2.15. The quantitative estimate of drug-likeness (QED) is 0.353. The van der Waals surface area contributed by atoms with Crippen molar-refractivity contribution in [2.75, 3.05) is 0 Å². The lowest BCUT2D eigenvalue weighted by Crippen LogP contribution is -2.16. The van der Waals surface area contributed by atoms with Gasteiger partial charge in [0.2, 0.25) is 5.56 Å². The van der Waals surface area contributed by atoms with Crippen LogP contribution in [0.4, 0.5) is 0 Å². The van der Waals surface area contributed by atoms with Crippen molar-refractivity contribution in [3.8, 4) is 0 Å². The SMILES string of the molecule is Cn1c(=O)cc2c3ccccc3c3cc(=O)[nH]c4ccc1c2c43. The number of benzene rings is 3. The van der Waals surface area contributed by atoms with E-state index in [1.807, 2.05) is 36.4 Å². The monoisotopic (exact) mass is 300 g/mol. The number of pyridine rings is 2. The van der Waals surface area contributed by atoms with E-state index in [0.29, 0.717) is 0 Å². The highest BCUT2D eigenvalue weighted by molar-refractivity contribution is 6.32. The van der Waals surface area contributed by atoms with Crippen LogP contribution in [0.1, 0.15) is 0 Å². The number of fused-ring (bicyclic) bond motifs is 3. The van der Waals surface area contributed by atoms with Gasteiger partial charge in [0.25, 0.3) is 5.56 Å². The minimum atomic E-state index is -0.116. The van der Waals surface area contributed by atoms with Crippen molar-refractivity contribution < 1.29 is 0 Å². The van der Waals surface area contributed by atoms with Gasteiger partial charge in [-0.3, -0.25) is 9.59 Å². The van der Waals surface area contributed by atoms with Gasteiger partial charge >= 0.3 is 0 Å². The van der Waals surface area contributed by atoms with Crippen molar-refractivity contribution in [2.45, 2.75) is 0 Å². The van der Waals surface area contributed by atoms with Gasteiger partial charge in [0, 0.05) is 35.5 Å². The Morgan fingerprint density at radius 3 is 2.26 bits per heavy atom. The summed E-state index contributed by atoms with van der Waals surface area (Å²) in [6, 6.07) is 15.0. The highest BCUT2D eigenvalue weighted by atomic mass is 16.1. The lowest BCUT2D eigenvalue weighted by Gasteiger charge is -2.15. The van der Waals surface area contributed by atoms with E-state index in [0.717, 1.165) is 43.4 Å². The molecule has 0 saturated carbocycles. The highest BCUT2D eigenvalue weighted by Crippen LogP contribution is 2.38. The lowest BCUT2D eigenvalue weighted by molar-refractivity contribution is 0.910. The van der Waals surface area contributed by atoms with E-state index in [9.17, 15) is 9.59 Å². The van der Waals surface area contributed by atoms with Crippen LogP contribution in [0.3, 0.4) is 0 Å². The van der Waals surface area contributed by atoms with E-state index in [2.05, 4.69) is 4.98 Å². The Hall–Kier alpha value is -3.14. The third-order valence-electron chi connectivity index (χ3n) is 4.72. The van der Waals surface area contributed by atoms with Crippen LogP contribution < -0.4 is 11.1 Å². The molecule has 0 bridgehead atoms. The normalized spacial score (nSPS) is 12.0. The fourth-order valence-corrected chi connectivity index (χ4v) is 3.69. The number of H-pyrrole nitrogens is 1. The molecule has 5 rings (SSSR count). The van der Waals surface area contributed by atoms with Crippen LogP contribution in [-0.4, -0.2) is 9.55 Å². The first kappa shape index (κ1) is 12.4. The average Bonchev–Trinajstić information content (AvgIpc) is 2.56. The molecule has 0 fully saturated rings. The topological polar surface area (TPSA) is 54.9 Å². The number of hydrogen-bond acceptors (Lipinski definition) is 2. The number of hydrogen-bond donors (Lipinski definition) is 1. The van der Waals surface area contributed by atoms with Crippen molar-refractivity contribution in [1.82, 2.24) is 9.55 Å². The maximum Gasteiger partial charge on any atom is 0.251 e.